The van der Waals surface area contributed by atoms with Gasteiger partial charge in [0.05, 0.1) is 12.1 Å². The van der Waals surface area contributed by atoms with E-state index >= 15 is 0 Å². The van der Waals surface area contributed by atoms with Crippen LogP contribution in [0, 0.1) is 0 Å². The van der Waals surface area contributed by atoms with E-state index in [2.05, 4.69) is 0 Å². The highest BCUT2D eigenvalue weighted by atomic mass is 32.1. The van der Waals surface area contributed by atoms with Gasteiger partial charge >= 0.3 is 5.97 Å². The molecule has 0 aliphatic carbocycles. The molecule has 8 nitrogen and oxygen atoms in total. The Morgan fingerprint density at radius 2 is 1.83 bits per heavy atom. The summed E-state index contributed by atoms with van der Waals surface area (Å²) >= 11 is 1.25. The topological polar surface area (TPSA) is 130 Å². The third kappa shape index (κ3) is 5.99. The molecule has 2 saturated heterocycles. The van der Waals surface area contributed by atoms with Gasteiger partial charge in [-0.25, -0.2) is 4.79 Å². The zero-order valence-corrected chi connectivity index (χ0v) is 20.4. The van der Waals surface area contributed by atoms with E-state index in [0.29, 0.717) is 17.8 Å². The Kier molecular flexibility index (Phi) is 8.14. The van der Waals surface area contributed by atoms with Crippen molar-refractivity contribution in [2.75, 3.05) is 13.2 Å². The van der Waals surface area contributed by atoms with E-state index < -0.39 is 18.1 Å². The maximum absolute atomic E-state index is 12.6. The fourth-order valence-electron chi connectivity index (χ4n) is 4.45. The number of carboxylic acids is 1. The molecule has 1 amide bonds. The van der Waals surface area contributed by atoms with Gasteiger partial charge in [0.1, 0.15) is 23.3 Å². The number of ether oxygens (including phenoxy) is 1. The summed E-state index contributed by atoms with van der Waals surface area (Å²) < 4.78 is 5.45. The first kappa shape index (κ1) is 25.6. The van der Waals surface area contributed by atoms with Crippen LogP contribution in [-0.2, 0) is 20.7 Å². The van der Waals surface area contributed by atoms with Crippen LogP contribution in [0.15, 0.2) is 66.0 Å². The fraction of sp³-hybridized carbons (Fsp3) is 0.296. The van der Waals surface area contributed by atoms with E-state index in [1.165, 1.54) is 11.3 Å². The van der Waals surface area contributed by atoms with Crippen LogP contribution in [0.25, 0.3) is 11.1 Å². The zero-order valence-electron chi connectivity index (χ0n) is 19.6. The quantitative estimate of drug-likeness (QED) is 0.482. The van der Waals surface area contributed by atoms with Crippen LogP contribution in [0.3, 0.4) is 0 Å². The van der Waals surface area contributed by atoms with Gasteiger partial charge in [0.2, 0.25) is 5.91 Å². The molecule has 0 bridgehead atoms. The van der Waals surface area contributed by atoms with Gasteiger partial charge in [-0.1, -0.05) is 42.5 Å². The van der Waals surface area contributed by atoms with Crippen molar-refractivity contribution in [2.45, 2.75) is 37.5 Å². The van der Waals surface area contributed by atoms with Crippen LogP contribution in [-0.4, -0.2) is 64.1 Å². The number of carbonyl (C=O) groups is 3. The predicted octanol–water partition coefficient (Wildman–Crippen LogP) is 3.33. The number of hydrogen-bond acceptors (Lipinski definition) is 7. The molecule has 5 rings (SSSR count). The second kappa shape index (κ2) is 11.5. The molecule has 2 aliphatic rings. The summed E-state index contributed by atoms with van der Waals surface area (Å²) in [5, 5.41) is 19.9. The number of nitrogens with zero attached hydrogens (tertiary/aromatic N) is 1. The third-order valence-corrected chi connectivity index (χ3v) is 7.17. The van der Waals surface area contributed by atoms with Crippen molar-refractivity contribution >= 4 is 29.0 Å². The van der Waals surface area contributed by atoms with Crippen molar-refractivity contribution in [1.29, 1.82) is 0 Å². The van der Waals surface area contributed by atoms with Crippen LogP contribution >= 0.6 is 11.3 Å². The number of aromatic hydroxyl groups is 1. The number of Topliss-reactive ketones (excluding diaryl/α,β-unsaturated/α-hetero) is 1. The van der Waals surface area contributed by atoms with Crippen LogP contribution in [0.2, 0.25) is 0 Å². The highest BCUT2D eigenvalue weighted by molar-refractivity contribution is 7.12. The molecule has 2 fully saturated rings. The van der Waals surface area contributed by atoms with Crippen LogP contribution < -0.4 is 5.73 Å². The van der Waals surface area contributed by atoms with Crippen molar-refractivity contribution < 1.29 is 29.3 Å². The summed E-state index contributed by atoms with van der Waals surface area (Å²) in [6.45, 7) is 0.644. The Hall–Kier alpha value is -3.53. The van der Waals surface area contributed by atoms with Gasteiger partial charge in [0, 0.05) is 6.54 Å². The van der Waals surface area contributed by atoms with Crippen molar-refractivity contribution in [3.8, 4) is 16.9 Å². The summed E-state index contributed by atoms with van der Waals surface area (Å²) in [7, 11) is 0. The number of phenolic OH excluding ortho intramolecular Hbond substituents is 1. The van der Waals surface area contributed by atoms with Gasteiger partial charge in [-0.05, 0) is 59.5 Å². The molecule has 3 heterocycles. The fourth-order valence-corrected chi connectivity index (χ4v) is 5.21. The molecule has 0 spiro atoms. The normalized spacial score (nSPS) is 19.7. The first-order chi connectivity index (χ1) is 17.3. The number of rotatable bonds is 5. The molecule has 2 aromatic carbocycles. The number of likely N-dealkylation sites (tertiary alicyclic amines) is 1. The molecule has 9 heteroatoms. The SMILES string of the molecule is NC(Cc1ccc(O)cc1)C(=O)N1CCCC2OCC(=O)C21.O=C(O)c1cc(-c2ccccc2)cs1. The average molecular weight is 509 g/mol. The number of amides is 1. The highest BCUT2D eigenvalue weighted by Crippen LogP contribution is 2.27. The molecular formula is C27H28N2O6S. The summed E-state index contributed by atoms with van der Waals surface area (Å²) in [4.78, 5) is 37.2. The molecule has 0 saturated carbocycles. The molecule has 1 aromatic heterocycles. The number of benzene rings is 2. The first-order valence-electron chi connectivity index (χ1n) is 11.7. The third-order valence-electron chi connectivity index (χ3n) is 6.25. The molecule has 3 unspecified atom stereocenters. The predicted molar refractivity (Wildman–Crippen MR) is 136 cm³/mol. The molecular weight excluding hydrogens is 480 g/mol. The second-order valence-corrected chi connectivity index (χ2v) is 9.69. The molecule has 36 heavy (non-hydrogen) atoms. The van der Waals surface area contributed by atoms with Crippen LogP contribution in [0.4, 0.5) is 0 Å². The zero-order chi connectivity index (χ0) is 25.7. The Morgan fingerprint density at radius 3 is 2.50 bits per heavy atom. The number of aromatic carboxylic acids is 1. The number of piperidine rings is 1. The van der Waals surface area contributed by atoms with Crippen molar-refractivity contribution in [3.05, 3.63) is 76.5 Å². The Morgan fingerprint density at radius 1 is 1.11 bits per heavy atom. The lowest BCUT2D eigenvalue weighted by Crippen LogP contribution is -2.56. The number of fused-ring (bicyclic) bond motifs is 1. The van der Waals surface area contributed by atoms with E-state index in [0.717, 1.165) is 29.5 Å². The van der Waals surface area contributed by atoms with Gasteiger partial charge in [0.15, 0.2) is 5.78 Å². The average Bonchev–Trinajstić information content (AvgIpc) is 3.54. The van der Waals surface area contributed by atoms with Gasteiger partial charge in [-0.2, -0.15) is 0 Å². The van der Waals surface area contributed by atoms with Gasteiger partial charge in [0.25, 0.3) is 0 Å². The summed E-state index contributed by atoms with van der Waals surface area (Å²) in [5.41, 5.74) is 8.93. The molecule has 2 aliphatic heterocycles. The number of hydrogen-bond donors (Lipinski definition) is 3. The lowest BCUT2D eigenvalue weighted by molar-refractivity contribution is -0.141. The monoisotopic (exact) mass is 508 g/mol. The number of nitrogens with two attached hydrogens (primary N) is 1. The summed E-state index contributed by atoms with van der Waals surface area (Å²) in [6.07, 6.45) is 1.84. The summed E-state index contributed by atoms with van der Waals surface area (Å²) in [6, 6.07) is 16.9. The van der Waals surface area contributed by atoms with E-state index in [1.54, 1.807) is 35.2 Å². The Bertz CT molecular complexity index is 1210. The number of phenols is 1. The van der Waals surface area contributed by atoms with Gasteiger partial charge in [-0.15, -0.1) is 11.3 Å². The molecule has 188 valence electrons. The number of carboxylic acid groups (broad SMARTS) is 1. The Labute approximate surface area is 212 Å². The standard InChI is InChI=1S/C16H20N2O4.C11H8O2S/c17-12(8-10-3-5-11(19)6-4-10)16(21)18-7-1-2-14-15(18)13(20)9-22-14;12-11(13)10-6-9(7-14-10)8-4-2-1-3-5-8/h3-6,12,14-15,19H,1-2,7-9,17H2;1-7H,(H,12,13). The Balaban J connectivity index is 0.000000187. The van der Waals surface area contributed by atoms with E-state index in [-0.39, 0.29) is 30.2 Å². The van der Waals surface area contributed by atoms with Crippen LogP contribution in [0.5, 0.6) is 5.75 Å². The molecule has 3 aromatic rings. The lowest BCUT2D eigenvalue weighted by Gasteiger charge is -2.36. The van der Waals surface area contributed by atoms with Crippen molar-refractivity contribution in [2.24, 2.45) is 5.73 Å². The van der Waals surface area contributed by atoms with E-state index in [9.17, 15) is 19.5 Å². The maximum atomic E-state index is 12.6. The summed E-state index contributed by atoms with van der Waals surface area (Å²) in [5.74, 6) is -0.926. The molecule has 3 atom stereocenters. The van der Waals surface area contributed by atoms with E-state index in [4.69, 9.17) is 15.6 Å². The van der Waals surface area contributed by atoms with Crippen molar-refractivity contribution in [3.63, 3.8) is 0 Å². The smallest absolute Gasteiger partial charge is 0.345 e. The van der Waals surface area contributed by atoms with Gasteiger partial charge in [-0.3, -0.25) is 9.59 Å². The largest absolute Gasteiger partial charge is 0.508 e. The molecule has 0 radical (unpaired) electrons. The van der Waals surface area contributed by atoms with Crippen LogP contribution in [0.1, 0.15) is 28.1 Å². The lowest BCUT2D eigenvalue weighted by atomic mass is 9.96. The first-order valence-corrected chi connectivity index (χ1v) is 12.6. The number of ketones is 1. The number of carbonyl (C=O) groups excluding carboxylic acids is 2. The minimum atomic E-state index is -0.864. The number of thiophene rings is 1. The van der Waals surface area contributed by atoms with Crippen molar-refractivity contribution in [1.82, 2.24) is 4.90 Å². The maximum Gasteiger partial charge on any atom is 0.345 e. The highest BCUT2D eigenvalue weighted by Gasteiger charge is 2.45. The molecule has 4 N–H and O–H groups in total. The second-order valence-electron chi connectivity index (χ2n) is 8.78. The van der Waals surface area contributed by atoms with E-state index in [1.807, 2.05) is 35.7 Å². The minimum absolute atomic E-state index is 0.0325. The minimum Gasteiger partial charge on any atom is -0.508 e. The van der Waals surface area contributed by atoms with Gasteiger partial charge < -0.3 is 25.6 Å².